The molecule has 0 saturated carbocycles. The number of nitrogens with one attached hydrogen (secondary N) is 1. The van der Waals surface area contributed by atoms with Crippen LogP contribution in [0.5, 0.6) is 0 Å². The van der Waals surface area contributed by atoms with Crippen molar-refractivity contribution in [2.45, 2.75) is 33.1 Å². The van der Waals surface area contributed by atoms with Crippen LogP contribution in [0.1, 0.15) is 32.3 Å². The molecule has 0 radical (unpaired) electrons. The highest BCUT2D eigenvalue weighted by atomic mass is 32.1. The Kier molecular flexibility index (Phi) is 5.34. The predicted molar refractivity (Wildman–Crippen MR) is 84.7 cm³/mol. The highest BCUT2D eigenvalue weighted by molar-refractivity contribution is 7.80. The molecule has 1 saturated heterocycles. The van der Waals surface area contributed by atoms with E-state index >= 15 is 0 Å². The van der Waals surface area contributed by atoms with Gasteiger partial charge in [0.2, 0.25) is 0 Å². The number of anilines is 1. The Bertz CT molecular complexity index is 407. The van der Waals surface area contributed by atoms with Gasteiger partial charge < -0.3 is 10.1 Å². The van der Waals surface area contributed by atoms with Crippen LogP contribution in [0.15, 0.2) is 24.3 Å². The topological polar surface area (TPSA) is 21.3 Å². The summed E-state index contributed by atoms with van der Waals surface area (Å²) < 4.78 is 5.37. The van der Waals surface area contributed by atoms with Gasteiger partial charge in [-0.15, -0.1) is 0 Å². The zero-order valence-electron chi connectivity index (χ0n) is 11.8. The Balaban J connectivity index is 1.89. The van der Waals surface area contributed by atoms with Crippen LogP contribution in [0.4, 0.5) is 5.69 Å². The first-order valence-electron chi connectivity index (χ1n) is 7.12. The molecule has 0 bridgehead atoms. The molecule has 1 aliphatic rings. The van der Waals surface area contributed by atoms with Crippen molar-refractivity contribution in [3.05, 3.63) is 29.8 Å². The molecular weight excluding hydrogens is 254 g/mol. The van der Waals surface area contributed by atoms with Crippen LogP contribution >= 0.6 is 12.2 Å². The summed E-state index contributed by atoms with van der Waals surface area (Å²) in [5.74, 6) is 1.17. The van der Waals surface area contributed by atoms with Gasteiger partial charge in [0.1, 0.15) is 0 Å². The van der Waals surface area contributed by atoms with E-state index in [0.717, 1.165) is 43.2 Å². The van der Waals surface area contributed by atoms with Crippen LogP contribution in [0.3, 0.4) is 0 Å². The van der Waals surface area contributed by atoms with Crippen LogP contribution in [-0.2, 0) is 11.2 Å². The molecule has 1 aromatic rings. The lowest BCUT2D eigenvalue weighted by molar-refractivity contribution is 0.0833. The summed E-state index contributed by atoms with van der Waals surface area (Å²) in [6.07, 6.45) is 3.21. The Hall–Kier alpha value is -0.930. The second-order valence-corrected chi connectivity index (χ2v) is 6.11. The average Bonchev–Trinajstić information content (AvgIpc) is 2.41. The smallest absolute Gasteiger partial charge is 0.0830 e. The monoisotopic (exact) mass is 277 g/mol. The number of ether oxygens (including phenoxy) is 1. The van der Waals surface area contributed by atoms with Gasteiger partial charge in [-0.3, -0.25) is 0 Å². The molecule has 2 nitrogen and oxygen atoms in total. The van der Waals surface area contributed by atoms with E-state index in [1.165, 1.54) is 5.56 Å². The maximum absolute atomic E-state index is 5.49. The van der Waals surface area contributed by atoms with E-state index < -0.39 is 0 Å². The first kappa shape index (κ1) is 14.5. The summed E-state index contributed by atoms with van der Waals surface area (Å²) in [5.41, 5.74) is 2.49. The summed E-state index contributed by atoms with van der Waals surface area (Å²) >= 11 is 5.49. The van der Waals surface area contributed by atoms with Gasteiger partial charge in [0.05, 0.1) is 4.99 Å². The van der Waals surface area contributed by atoms with Gasteiger partial charge in [-0.25, -0.2) is 0 Å². The minimum Gasteiger partial charge on any atom is -0.381 e. The van der Waals surface area contributed by atoms with E-state index in [2.05, 4.69) is 43.4 Å². The van der Waals surface area contributed by atoms with Gasteiger partial charge in [-0.05, 0) is 42.9 Å². The Morgan fingerprint density at radius 1 is 1.26 bits per heavy atom. The van der Waals surface area contributed by atoms with E-state index in [-0.39, 0.29) is 0 Å². The van der Waals surface area contributed by atoms with E-state index in [0.29, 0.717) is 11.8 Å². The standard InChI is InChI=1S/C16H23NOS/c1-12(2)11-13-3-5-15(6-4-13)17-16(19)14-7-9-18-10-8-14/h3-6,12,14H,7-11H2,1-2H3,(H,17,19). The molecule has 3 heteroatoms. The van der Waals surface area contributed by atoms with Crippen LogP contribution in [0.2, 0.25) is 0 Å². The van der Waals surface area contributed by atoms with Gasteiger partial charge in [0.15, 0.2) is 0 Å². The van der Waals surface area contributed by atoms with Gasteiger partial charge in [0, 0.05) is 24.8 Å². The molecule has 1 heterocycles. The third kappa shape index (κ3) is 4.59. The molecule has 0 atom stereocenters. The molecule has 0 aromatic heterocycles. The van der Waals surface area contributed by atoms with E-state index in [9.17, 15) is 0 Å². The summed E-state index contributed by atoms with van der Waals surface area (Å²) in [4.78, 5) is 0.958. The third-order valence-corrected chi connectivity index (χ3v) is 3.89. The van der Waals surface area contributed by atoms with E-state index in [1.54, 1.807) is 0 Å². The molecule has 1 aliphatic heterocycles. The Morgan fingerprint density at radius 2 is 1.89 bits per heavy atom. The maximum Gasteiger partial charge on any atom is 0.0830 e. The lowest BCUT2D eigenvalue weighted by Gasteiger charge is -2.23. The summed E-state index contributed by atoms with van der Waals surface area (Å²) in [6.45, 7) is 6.15. The normalized spacial score (nSPS) is 16.6. The molecule has 0 aliphatic carbocycles. The number of rotatable bonds is 4. The molecule has 1 aromatic carbocycles. The van der Waals surface area contributed by atoms with Crippen molar-refractivity contribution in [1.82, 2.24) is 0 Å². The minimum absolute atomic E-state index is 0.471. The van der Waals surface area contributed by atoms with Gasteiger partial charge in [-0.2, -0.15) is 0 Å². The zero-order chi connectivity index (χ0) is 13.7. The first-order valence-corrected chi connectivity index (χ1v) is 7.53. The number of benzene rings is 1. The third-order valence-electron chi connectivity index (χ3n) is 3.46. The molecular formula is C16H23NOS. The molecule has 1 fully saturated rings. The van der Waals surface area contributed by atoms with Gasteiger partial charge in [0.25, 0.3) is 0 Å². The largest absolute Gasteiger partial charge is 0.381 e. The first-order chi connectivity index (χ1) is 9.15. The number of thiocarbonyl (C=S) groups is 1. The highest BCUT2D eigenvalue weighted by Crippen LogP contribution is 2.19. The molecule has 0 unspecified atom stereocenters. The fourth-order valence-corrected chi connectivity index (χ4v) is 2.75. The van der Waals surface area contributed by atoms with Crippen molar-refractivity contribution in [2.75, 3.05) is 18.5 Å². The van der Waals surface area contributed by atoms with Crippen LogP contribution in [0.25, 0.3) is 0 Å². The predicted octanol–water partition coefficient (Wildman–Crippen LogP) is 4.05. The molecule has 2 rings (SSSR count). The molecule has 0 spiro atoms. The highest BCUT2D eigenvalue weighted by Gasteiger charge is 2.18. The number of hydrogen-bond donors (Lipinski definition) is 1. The molecule has 19 heavy (non-hydrogen) atoms. The van der Waals surface area contributed by atoms with Crippen LogP contribution in [0, 0.1) is 11.8 Å². The minimum atomic E-state index is 0.471. The summed E-state index contributed by atoms with van der Waals surface area (Å²) in [6, 6.07) is 8.64. The second kappa shape index (κ2) is 7.01. The average molecular weight is 277 g/mol. The Labute approximate surface area is 121 Å². The Morgan fingerprint density at radius 3 is 2.47 bits per heavy atom. The molecule has 104 valence electrons. The van der Waals surface area contributed by atoms with E-state index in [4.69, 9.17) is 17.0 Å². The fraction of sp³-hybridized carbons (Fsp3) is 0.562. The van der Waals surface area contributed by atoms with Crippen molar-refractivity contribution in [3.63, 3.8) is 0 Å². The van der Waals surface area contributed by atoms with Crippen molar-refractivity contribution >= 4 is 22.9 Å². The lowest BCUT2D eigenvalue weighted by Crippen LogP contribution is -2.27. The second-order valence-electron chi connectivity index (χ2n) is 5.67. The maximum atomic E-state index is 5.49. The van der Waals surface area contributed by atoms with Crippen LogP contribution in [-0.4, -0.2) is 18.2 Å². The zero-order valence-corrected chi connectivity index (χ0v) is 12.6. The summed E-state index contributed by atoms with van der Waals surface area (Å²) in [5, 5.41) is 3.37. The van der Waals surface area contributed by atoms with Gasteiger partial charge in [-0.1, -0.05) is 38.2 Å². The lowest BCUT2D eigenvalue weighted by atomic mass is 10.00. The van der Waals surface area contributed by atoms with Crippen molar-refractivity contribution in [3.8, 4) is 0 Å². The molecule has 0 amide bonds. The SMILES string of the molecule is CC(C)Cc1ccc(NC(=S)C2CCOCC2)cc1. The number of hydrogen-bond acceptors (Lipinski definition) is 2. The van der Waals surface area contributed by atoms with Gasteiger partial charge >= 0.3 is 0 Å². The van der Waals surface area contributed by atoms with E-state index in [1.807, 2.05) is 0 Å². The molecule has 1 N–H and O–H groups in total. The van der Waals surface area contributed by atoms with Crippen LogP contribution < -0.4 is 5.32 Å². The fourth-order valence-electron chi connectivity index (χ4n) is 2.40. The quantitative estimate of drug-likeness (QED) is 0.839. The summed E-state index contributed by atoms with van der Waals surface area (Å²) in [7, 11) is 0. The van der Waals surface area contributed by atoms with Crippen molar-refractivity contribution < 1.29 is 4.74 Å². The van der Waals surface area contributed by atoms with Crippen molar-refractivity contribution in [1.29, 1.82) is 0 Å². The van der Waals surface area contributed by atoms with Crippen molar-refractivity contribution in [2.24, 2.45) is 11.8 Å².